The van der Waals surface area contributed by atoms with Crippen LogP contribution in [0.4, 0.5) is 15.8 Å². The molecule has 2 aromatic rings. The van der Waals surface area contributed by atoms with Crippen molar-refractivity contribution >= 4 is 39.1 Å². The number of amides is 2. The molecule has 0 fully saturated rings. The Hall–Kier alpha value is -2.21. The summed E-state index contributed by atoms with van der Waals surface area (Å²) in [7, 11) is 0. The molecule has 6 heteroatoms. The molecule has 1 aliphatic rings. The molecule has 0 atom stereocenters. The van der Waals surface area contributed by atoms with E-state index < -0.39 is 11.8 Å². The highest BCUT2D eigenvalue weighted by Crippen LogP contribution is 2.37. The summed E-state index contributed by atoms with van der Waals surface area (Å²) in [5, 5.41) is 3.23. The Kier molecular flexibility index (Phi) is 4.41. The number of hydrogen-bond acceptors (Lipinski definition) is 3. The lowest BCUT2D eigenvalue weighted by molar-refractivity contribution is -0.115. The monoisotopic (exact) mass is 390 g/mol. The average Bonchev–Trinajstić information content (AvgIpc) is 2.97. The number of aryl methyl sites for hydroxylation is 1. The van der Waals surface area contributed by atoms with Crippen LogP contribution in [0, 0.1) is 12.7 Å². The van der Waals surface area contributed by atoms with E-state index in [-0.39, 0.29) is 11.4 Å². The van der Waals surface area contributed by atoms with Gasteiger partial charge in [0.05, 0.1) is 11.4 Å². The Morgan fingerprint density at radius 3 is 2.67 bits per heavy atom. The number of carbonyl (C=O) groups excluding carboxylic acids is 2. The molecule has 3 rings (SSSR count). The fraction of sp³-hybridized carbons (Fsp3) is 0.222. The smallest absolute Gasteiger partial charge is 0.265 e. The number of fused-ring (bicyclic) bond motifs is 1. The van der Waals surface area contributed by atoms with E-state index in [1.807, 2.05) is 6.07 Å². The lowest BCUT2D eigenvalue weighted by atomic mass is 10.1. The van der Waals surface area contributed by atoms with Gasteiger partial charge in [0.15, 0.2) is 0 Å². The van der Waals surface area contributed by atoms with Gasteiger partial charge in [-0.1, -0.05) is 15.9 Å². The molecular formula is C18H16BrFN2O2. The van der Waals surface area contributed by atoms with E-state index in [2.05, 4.69) is 21.2 Å². The predicted octanol–water partition coefficient (Wildman–Crippen LogP) is 4.06. The summed E-state index contributed by atoms with van der Waals surface area (Å²) in [5.41, 5.74) is 2.99. The van der Waals surface area contributed by atoms with Gasteiger partial charge in [0.1, 0.15) is 5.82 Å². The number of hydrogen-bond donors (Lipinski definition) is 1. The van der Waals surface area contributed by atoms with Gasteiger partial charge in [-0.25, -0.2) is 9.29 Å². The summed E-state index contributed by atoms with van der Waals surface area (Å²) in [6.07, 6.45) is 0.831. The van der Waals surface area contributed by atoms with Gasteiger partial charge in [0, 0.05) is 23.5 Å². The summed E-state index contributed by atoms with van der Waals surface area (Å²) in [5.74, 6) is -1.25. The molecule has 0 radical (unpaired) electrons. The molecule has 1 N–H and O–H groups in total. The number of anilines is 2. The molecule has 0 saturated heterocycles. The van der Waals surface area contributed by atoms with Crippen molar-refractivity contribution in [3.05, 3.63) is 57.3 Å². The number of carbonyl (C=O) groups is 2. The first-order valence-electron chi connectivity index (χ1n) is 7.56. The summed E-state index contributed by atoms with van der Waals surface area (Å²) < 4.78 is 14.3. The second kappa shape index (κ2) is 6.36. The van der Waals surface area contributed by atoms with Crippen molar-refractivity contribution < 1.29 is 14.0 Å². The molecule has 2 amide bonds. The van der Waals surface area contributed by atoms with Crippen molar-refractivity contribution in [2.24, 2.45) is 0 Å². The van der Waals surface area contributed by atoms with E-state index in [4.69, 9.17) is 0 Å². The molecule has 0 aliphatic carbocycles. The zero-order valence-electron chi connectivity index (χ0n) is 13.3. The van der Waals surface area contributed by atoms with E-state index in [0.717, 1.165) is 33.6 Å². The van der Waals surface area contributed by atoms with Gasteiger partial charge in [0.2, 0.25) is 5.91 Å². The van der Waals surface area contributed by atoms with Crippen molar-refractivity contribution in [3.8, 4) is 0 Å². The third kappa shape index (κ3) is 2.94. The molecule has 0 aromatic heterocycles. The van der Waals surface area contributed by atoms with Crippen LogP contribution < -0.4 is 10.2 Å². The Morgan fingerprint density at radius 2 is 2.00 bits per heavy atom. The molecule has 0 unspecified atom stereocenters. The van der Waals surface area contributed by atoms with Crippen molar-refractivity contribution in [2.75, 3.05) is 16.8 Å². The maximum absolute atomic E-state index is 13.5. The fourth-order valence-corrected chi connectivity index (χ4v) is 3.37. The van der Waals surface area contributed by atoms with Gasteiger partial charge in [-0.15, -0.1) is 0 Å². The van der Waals surface area contributed by atoms with Crippen LogP contribution >= 0.6 is 15.9 Å². The number of halogens is 2. The van der Waals surface area contributed by atoms with Crippen molar-refractivity contribution in [1.82, 2.24) is 0 Å². The Bertz CT molecular complexity index is 851. The Labute approximate surface area is 147 Å². The van der Waals surface area contributed by atoms with Crippen molar-refractivity contribution in [2.45, 2.75) is 20.3 Å². The van der Waals surface area contributed by atoms with Gasteiger partial charge >= 0.3 is 0 Å². The van der Waals surface area contributed by atoms with Gasteiger partial charge < -0.3 is 5.32 Å². The van der Waals surface area contributed by atoms with E-state index >= 15 is 0 Å². The maximum Gasteiger partial charge on any atom is 0.265 e. The summed E-state index contributed by atoms with van der Waals surface area (Å²) >= 11 is 3.43. The average molecular weight is 391 g/mol. The van der Waals surface area contributed by atoms with Crippen molar-refractivity contribution in [3.63, 3.8) is 0 Å². The molecule has 0 spiro atoms. The summed E-state index contributed by atoms with van der Waals surface area (Å²) in [6, 6.07) is 7.81. The SMILES string of the molecule is CC(=O)N(C(=O)c1ccc(F)c(C)c1)c1cc(Br)cc2c1NCC2. The van der Waals surface area contributed by atoms with Crippen LogP contribution in [0.25, 0.3) is 0 Å². The number of nitrogens with zero attached hydrogens (tertiary/aromatic N) is 1. The van der Waals surface area contributed by atoms with E-state index in [1.165, 1.54) is 25.1 Å². The molecule has 4 nitrogen and oxygen atoms in total. The predicted molar refractivity (Wildman–Crippen MR) is 95.0 cm³/mol. The first kappa shape index (κ1) is 16.6. The molecule has 0 bridgehead atoms. The van der Waals surface area contributed by atoms with Crippen LogP contribution in [0.5, 0.6) is 0 Å². The second-order valence-electron chi connectivity index (χ2n) is 5.76. The quantitative estimate of drug-likeness (QED) is 0.840. The standard InChI is InChI=1S/C18H16BrFN2O2/c1-10-7-13(3-4-15(10)20)18(24)22(11(2)23)16-9-14(19)8-12-5-6-21-17(12)16/h3-4,7-9,21H,5-6H2,1-2H3. The van der Waals surface area contributed by atoms with E-state index in [0.29, 0.717) is 11.3 Å². The van der Waals surface area contributed by atoms with Gasteiger partial charge in [-0.05, 0) is 54.8 Å². The summed E-state index contributed by atoms with van der Waals surface area (Å²) in [6.45, 7) is 3.69. The van der Waals surface area contributed by atoms with Gasteiger partial charge in [-0.2, -0.15) is 0 Å². The third-order valence-corrected chi connectivity index (χ3v) is 4.48. The Morgan fingerprint density at radius 1 is 1.25 bits per heavy atom. The molecule has 1 aliphatic heterocycles. The second-order valence-corrected chi connectivity index (χ2v) is 6.68. The number of benzene rings is 2. The minimum absolute atomic E-state index is 0.274. The highest BCUT2D eigenvalue weighted by Gasteiger charge is 2.27. The third-order valence-electron chi connectivity index (χ3n) is 4.02. The molecule has 24 heavy (non-hydrogen) atoms. The van der Waals surface area contributed by atoms with Crippen LogP contribution in [-0.4, -0.2) is 18.4 Å². The zero-order valence-corrected chi connectivity index (χ0v) is 14.9. The number of rotatable bonds is 2. The minimum atomic E-state index is -0.473. The highest BCUT2D eigenvalue weighted by molar-refractivity contribution is 9.10. The number of imide groups is 1. The highest BCUT2D eigenvalue weighted by atomic mass is 79.9. The lowest BCUT2D eigenvalue weighted by Crippen LogP contribution is -2.35. The molecular weight excluding hydrogens is 375 g/mol. The summed E-state index contributed by atoms with van der Waals surface area (Å²) in [4.78, 5) is 26.2. The van der Waals surface area contributed by atoms with Crippen LogP contribution in [0.2, 0.25) is 0 Å². The molecule has 2 aromatic carbocycles. The first-order valence-corrected chi connectivity index (χ1v) is 8.35. The van der Waals surface area contributed by atoms with Crippen LogP contribution in [0.3, 0.4) is 0 Å². The molecule has 1 heterocycles. The Balaban J connectivity index is 2.10. The largest absolute Gasteiger partial charge is 0.383 e. The zero-order chi connectivity index (χ0) is 17.4. The van der Waals surface area contributed by atoms with Gasteiger partial charge in [0.25, 0.3) is 5.91 Å². The lowest BCUT2D eigenvalue weighted by Gasteiger charge is -2.23. The number of nitrogens with one attached hydrogen (secondary N) is 1. The van der Waals surface area contributed by atoms with E-state index in [1.54, 1.807) is 13.0 Å². The van der Waals surface area contributed by atoms with E-state index in [9.17, 15) is 14.0 Å². The van der Waals surface area contributed by atoms with Gasteiger partial charge in [-0.3, -0.25) is 9.59 Å². The molecule has 0 saturated carbocycles. The topological polar surface area (TPSA) is 49.4 Å². The minimum Gasteiger partial charge on any atom is -0.383 e. The maximum atomic E-state index is 13.5. The van der Waals surface area contributed by atoms with Crippen LogP contribution in [0.15, 0.2) is 34.8 Å². The normalized spacial score (nSPS) is 12.5. The first-order chi connectivity index (χ1) is 11.4. The molecule has 124 valence electrons. The fourth-order valence-electron chi connectivity index (χ4n) is 2.88. The van der Waals surface area contributed by atoms with Crippen LogP contribution in [0.1, 0.15) is 28.4 Å². The van der Waals surface area contributed by atoms with Crippen molar-refractivity contribution in [1.29, 1.82) is 0 Å². The van der Waals surface area contributed by atoms with Crippen LogP contribution in [-0.2, 0) is 11.2 Å².